The van der Waals surface area contributed by atoms with Crippen LogP contribution in [0.4, 0.5) is 29.3 Å². The summed E-state index contributed by atoms with van der Waals surface area (Å²) in [6.07, 6.45) is -2.56. The molecule has 14 heteroatoms. The summed E-state index contributed by atoms with van der Waals surface area (Å²) in [6.45, 7) is 0. The van der Waals surface area contributed by atoms with Crippen molar-refractivity contribution in [1.82, 2.24) is 9.97 Å². The van der Waals surface area contributed by atoms with E-state index in [0.717, 1.165) is 31.6 Å². The number of aromatic nitrogens is 2. The highest BCUT2D eigenvalue weighted by molar-refractivity contribution is 6.30. The molecule has 0 unspecified atom stereocenters. The fraction of sp³-hybridized carbons (Fsp3) is 0.100. The van der Waals surface area contributed by atoms with Gasteiger partial charge < -0.3 is 14.8 Å². The van der Waals surface area contributed by atoms with Gasteiger partial charge in [-0.1, -0.05) is 23.7 Å². The summed E-state index contributed by atoms with van der Waals surface area (Å²) >= 11 is 5.64. The number of alkyl halides is 3. The van der Waals surface area contributed by atoms with Gasteiger partial charge in [-0.05, 0) is 24.3 Å². The maximum Gasteiger partial charge on any atom is 0.420 e. The van der Waals surface area contributed by atoms with E-state index in [1.165, 1.54) is 24.3 Å². The van der Waals surface area contributed by atoms with E-state index in [9.17, 15) is 28.1 Å². The lowest BCUT2D eigenvalue weighted by molar-refractivity contribution is -0.385. The van der Waals surface area contributed by atoms with Crippen molar-refractivity contribution in [2.45, 2.75) is 6.18 Å². The van der Waals surface area contributed by atoms with Gasteiger partial charge >= 0.3 is 18.2 Å². The quantitative estimate of drug-likeness (QED) is 0.215. The summed E-state index contributed by atoms with van der Waals surface area (Å²) in [4.78, 5) is 33.7. The number of urea groups is 1. The third-order valence-electron chi connectivity index (χ3n) is 4.06. The number of hydrogen-bond donors (Lipinski definition) is 1. The Balaban J connectivity index is 1.88. The van der Waals surface area contributed by atoms with Crippen LogP contribution < -0.4 is 10.1 Å². The summed E-state index contributed by atoms with van der Waals surface area (Å²) in [7, 11) is 1.13. The van der Waals surface area contributed by atoms with Crippen molar-refractivity contribution < 1.29 is 32.4 Å². The number of nitro benzene ring substituents is 1. The predicted molar refractivity (Wildman–Crippen MR) is 114 cm³/mol. The van der Waals surface area contributed by atoms with Crippen LogP contribution in [0.5, 0.6) is 11.8 Å². The van der Waals surface area contributed by atoms with Gasteiger partial charge in [-0.2, -0.15) is 18.2 Å². The second-order valence-electron chi connectivity index (χ2n) is 6.32. The minimum absolute atomic E-state index is 0.0900. The molecule has 0 bridgehead atoms. The first-order chi connectivity index (χ1) is 16.1. The summed E-state index contributed by atoms with van der Waals surface area (Å²) in [6, 6.07) is 6.57. The maximum absolute atomic E-state index is 13.6. The Hall–Kier alpha value is -4.26. The second kappa shape index (κ2) is 10.1. The molecule has 34 heavy (non-hydrogen) atoms. The van der Waals surface area contributed by atoms with Crippen LogP contribution in [-0.2, 0) is 10.9 Å². The van der Waals surface area contributed by atoms with Crippen molar-refractivity contribution in [2.75, 3.05) is 12.4 Å². The van der Waals surface area contributed by atoms with E-state index >= 15 is 0 Å². The third-order valence-corrected chi connectivity index (χ3v) is 4.26. The Labute approximate surface area is 194 Å². The largest absolute Gasteiger partial charge is 0.480 e. The van der Waals surface area contributed by atoms with E-state index in [4.69, 9.17) is 21.1 Å². The molecule has 176 valence electrons. The molecule has 0 saturated heterocycles. The topological polar surface area (TPSA) is 129 Å². The number of carbonyl (C=O) groups excluding carboxylic acids is 1. The number of rotatable bonds is 5. The number of nitrogens with one attached hydrogen (secondary N) is 1. The zero-order chi connectivity index (χ0) is 24.9. The molecular weight excluding hydrogens is 483 g/mol. The number of halogens is 4. The number of nitrogens with zero attached hydrogens (tertiary/aromatic N) is 4. The van der Waals surface area contributed by atoms with Gasteiger partial charge in [0.15, 0.2) is 0 Å². The Morgan fingerprint density at radius 1 is 1.18 bits per heavy atom. The molecule has 1 N–H and O–H groups in total. The number of carbonyl (C=O) groups is 1. The highest BCUT2D eigenvalue weighted by atomic mass is 35.5. The average Bonchev–Trinajstić information content (AvgIpc) is 2.79. The number of aliphatic imine (C=N–C) groups is 1. The normalized spacial score (nSPS) is 11.6. The number of benzene rings is 2. The molecule has 1 aromatic heterocycles. The molecular formula is C20H13ClF3N5O5. The van der Waals surface area contributed by atoms with Gasteiger partial charge in [0.1, 0.15) is 16.9 Å². The van der Waals surface area contributed by atoms with Crippen LogP contribution in [-0.4, -0.2) is 33.9 Å². The fourth-order valence-electron chi connectivity index (χ4n) is 2.64. The van der Waals surface area contributed by atoms with Gasteiger partial charge in [0.25, 0.3) is 5.69 Å². The molecule has 1 heterocycles. The highest BCUT2D eigenvalue weighted by Crippen LogP contribution is 2.39. The maximum atomic E-state index is 13.6. The smallest absolute Gasteiger partial charge is 0.420 e. The standard InChI is InChI=1S/C20H13ClF3N5O5/c1-33-17(13-4-2-3-5-15(13)29(31)32)28-18(30)27-12-6-7-16(14(8-12)20(22,23)24)34-19-25-9-11(21)10-26-19/h2-10H,1H3,(H,27,30)/b28-17-. The van der Waals surface area contributed by atoms with Crippen LogP contribution >= 0.6 is 11.6 Å². The van der Waals surface area contributed by atoms with Crippen LogP contribution in [0.25, 0.3) is 0 Å². The van der Waals surface area contributed by atoms with Gasteiger partial charge in [-0.15, -0.1) is 0 Å². The van der Waals surface area contributed by atoms with Crippen LogP contribution in [0.2, 0.25) is 5.02 Å². The van der Waals surface area contributed by atoms with E-state index in [2.05, 4.69) is 20.3 Å². The summed E-state index contributed by atoms with van der Waals surface area (Å²) < 4.78 is 50.8. The predicted octanol–water partition coefficient (Wildman–Crippen LogP) is 5.47. The zero-order valence-corrected chi connectivity index (χ0v) is 17.8. The summed E-state index contributed by atoms with van der Waals surface area (Å²) in [5, 5.41) is 13.5. The number of amides is 2. The van der Waals surface area contributed by atoms with Crippen LogP contribution in [0.3, 0.4) is 0 Å². The molecule has 0 aliphatic carbocycles. The lowest BCUT2D eigenvalue weighted by Crippen LogP contribution is -2.15. The van der Waals surface area contributed by atoms with E-state index in [-0.39, 0.29) is 28.0 Å². The van der Waals surface area contributed by atoms with E-state index in [0.29, 0.717) is 6.07 Å². The fourth-order valence-corrected chi connectivity index (χ4v) is 2.74. The van der Waals surface area contributed by atoms with Crippen molar-refractivity contribution in [3.63, 3.8) is 0 Å². The Morgan fingerprint density at radius 2 is 1.85 bits per heavy atom. The lowest BCUT2D eigenvalue weighted by Gasteiger charge is -2.14. The molecule has 0 fully saturated rings. The number of hydrogen-bond acceptors (Lipinski definition) is 7. The van der Waals surface area contributed by atoms with Crippen molar-refractivity contribution in [3.05, 3.63) is 81.1 Å². The Morgan fingerprint density at radius 3 is 2.47 bits per heavy atom. The monoisotopic (exact) mass is 495 g/mol. The Kier molecular flexibility index (Phi) is 7.26. The number of nitro groups is 1. The Bertz CT molecular complexity index is 1250. The van der Waals surface area contributed by atoms with E-state index < -0.39 is 34.3 Å². The van der Waals surface area contributed by atoms with Crippen molar-refractivity contribution in [3.8, 4) is 11.8 Å². The van der Waals surface area contributed by atoms with Crippen LogP contribution in [0, 0.1) is 10.1 Å². The lowest BCUT2D eigenvalue weighted by atomic mass is 10.1. The average molecular weight is 496 g/mol. The molecule has 0 saturated carbocycles. The first-order valence-corrected chi connectivity index (χ1v) is 9.50. The second-order valence-corrected chi connectivity index (χ2v) is 6.76. The highest BCUT2D eigenvalue weighted by Gasteiger charge is 2.35. The zero-order valence-electron chi connectivity index (χ0n) is 17.0. The molecule has 0 aliphatic rings. The van der Waals surface area contributed by atoms with Crippen molar-refractivity contribution in [2.24, 2.45) is 4.99 Å². The van der Waals surface area contributed by atoms with Crippen molar-refractivity contribution >= 4 is 34.9 Å². The SMILES string of the molecule is CO/C(=N\C(=O)Nc1ccc(Oc2ncc(Cl)cn2)c(C(F)(F)F)c1)c1ccccc1[N+](=O)[O-]. The molecule has 0 spiro atoms. The molecule has 0 aliphatic heterocycles. The van der Waals surface area contributed by atoms with Crippen molar-refractivity contribution in [1.29, 1.82) is 0 Å². The van der Waals surface area contributed by atoms with Gasteiger partial charge in [-0.25, -0.2) is 14.8 Å². The number of para-hydroxylation sites is 1. The first-order valence-electron chi connectivity index (χ1n) is 9.12. The molecule has 2 aromatic carbocycles. The molecule has 0 radical (unpaired) electrons. The molecule has 3 aromatic rings. The first kappa shape index (κ1) is 24.4. The molecule has 3 rings (SSSR count). The third kappa shape index (κ3) is 5.95. The summed E-state index contributed by atoms with van der Waals surface area (Å²) in [5.41, 5.74) is -1.96. The molecule has 0 atom stereocenters. The van der Waals surface area contributed by atoms with Crippen LogP contribution in [0.15, 0.2) is 59.9 Å². The molecule has 2 amide bonds. The minimum atomic E-state index is -4.85. The van der Waals surface area contributed by atoms with E-state index in [1.54, 1.807) is 0 Å². The number of ether oxygens (including phenoxy) is 2. The minimum Gasteiger partial charge on any atom is -0.480 e. The number of methoxy groups -OCH3 is 1. The number of anilines is 1. The summed E-state index contributed by atoms with van der Waals surface area (Å²) in [5.74, 6) is -1.02. The van der Waals surface area contributed by atoms with Gasteiger partial charge in [0.05, 0.1) is 29.4 Å². The van der Waals surface area contributed by atoms with Gasteiger partial charge in [-0.3, -0.25) is 10.1 Å². The van der Waals surface area contributed by atoms with Crippen LogP contribution in [0.1, 0.15) is 11.1 Å². The molecule has 10 nitrogen and oxygen atoms in total. The van der Waals surface area contributed by atoms with E-state index in [1.807, 2.05) is 0 Å². The van der Waals surface area contributed by atoms with Gasteiger partial charge in [0, 0.05) is 11.8 Å². The van der Waals surface area contributed by atoms with Gasteiger partial charge in [0.2, 0.25) is 5.90 Å².